The number of carboxylic acids is 1. The average molecular weight is 363 g/mol. The number of carboxylic acid groups (broad SMARTS) is 1. The lowest BCUT2D eigenvalue weighted by atomic mass is 10.0. The number of nitrogens with zero attached hydrogens (tertiary/aromatic N) is 3. The molecule has 3 aromatic rings. The van der Waals surface area contributed by atoms with Crippen molar-refractivity contribution in [3.63, 3.8) is 0 Å². The van der Waals surface area contributed by atoms with Crippen LogP contribution in [0.4, 0.5) is 0 Å². The Bertz CT molecular complexity index is 1050. The van der Waals surface area contributed by atoms with E-state index in [1.165, 1.54) is 6.07 Å². The zero-order valence-corrected chi connectivity index (χ0v) is 15.3. The van der Waals surface area contributed by atoms with Gasteiger partial charge in [-0.25, -0.2) is 9.78 Å². The molecule has 6 nitrogen and oxygen atoms in total. The van der Waals surface area contributed by atoms with E-state index in [0.717, 1.165) is 35.3 Å². The number of carbonyl (C=O) groups excluding carboxylic acids is 1. The van der Waals surface area contributed by atoms with Crippen LogP contribution >= 0.6 is 0 Å². The number of aromatic nitrogens is 2. The molecule has 1 aliphatic heterocycles. The number of imidazole rings is 1. The highest BCUT2D eigenvalue weighted by atomic mass is 16.4. The van der Waals surface area contributed by atoms with Crippen molar-refractivity contribution in [1.82, 2.24) is 14.5 Å². The van der Waals surface area contributed by atoms with Crippen molar-refractivity contribution in [1.29, 1.82) is 0 Å². The highest BCUT2D eigenvalue weighted by Gasteiger charge is 2.34. The monoisotopic (exact) mass is 363 g/mol. The van der Waals surface area contributed by atoms with Gasteiger partial charge >= 0.3 is 5.97 Å². The lowest BCUT2D eigenvalue weighted by Crippen LogP contribution is -2.32. The molecule has 0 aliphatic carbocycles. The number of aryl methyl sites for hydroxylation is 2. The summed E-state index contributed by atoms with van der Waals surface area (Å²) in [6.07, 6.45) is 1.75. The third-order valence-electron chi connectivity index (χ3n) is 5.20. The van der Waals surface area contributed by atoms with Crippen LogP contribution < -0.4 is 0 Å². The van der Waals surface area contributed by atoms with E-state index in [1.54, 1.807) is 19.1 Å². The van der Waals surface area contributed by atoms with Crippen molar-refractivity contribution >= 4 is 22.9 Å². The Morgan fingerprint density at radius 2 is 1.89 bits per heavy atom. The fraction of sp³-hybridized carbons (Fsp3) is 0.286. The van der Waals surface area contributed by atoms with Gasteiger partial charge in [-0.05, 0) is 55.7 Å². The maximum Gasteiger partial charge on any atom is 0.335 e. The van der Waals surface area contributed by atoms with Gasteiger partial charge in [0.1, 0.15) is 5.82 Å². The summed E-state index contributed by atoms with van der Waals surface area (Å²) >= 11 is 0. The lowest BCUT2D eigenvalue weighted by molar-refractivity contribution is 0.0696. The lowest BCUT2D eigenvalue weighted by Gasteiger charge is -2.25. The smallest absolute Gasteiger partial charge is 0.335 e. The molecular weight excluding hydrogens is 342 g/mol. The standard InChI is InChI=1S/C21H21N3O3/c1-13-10-14(12-15(11-13)21(26)27)20(25)24-9-5-8-18(24)19-22-16-6-3-4-7-17(16)23(19)2/h3-4,6-7,10-12,18H,5,8-9H2,1-2H3,(H,26,27). The van der Waals surface area contributed by atoms with Crippen molar-refractivity contribution < 1.29 is 14.7 Å². The van der Waals surface area contributed by atoms with E-state index in [0.29, 0.717) is 12.1 Å². The van der Waals surface area contributed by atoms with E-state index in [1.807, 2.05) is 40.8 Å². The van der Waals surface area contributed by atoms with Gasteiger partial charge in [0.25, 0.3) is 5.91 Å². The van der Waals surface area contributed by atoms with Crippen LogP contribution in [0, 0.1) is 6.92 Å². The molecular formula is C21H21N3O3. The number of amides is 1. The van der Waals surface area contributed by atoms with Crippen molar-refractivity contribution in [3.05, 3.63) is 65.0 Å². The van der Waals surface area contributed by atoms with E-state index in [-0.39, 0.29) is 17.5 Å². The Balaban J connectivity index is 1.72. The summed E-state index contributed by atoms with van der Waals surface area (Å²) in [6.45, 7) is 2.44. The van der Waals surface area contributed by atoms with E-state index in [4.69, 9.17) is 4.98 Å². The third kappa shape index (κ3) is 2.97. The number of aromatic carboxylic acids is 1. The molecule has 0 radical (unpaired) electrons. The van der Waals surface area contributed by atoms with Crippen molar-refractivity contribution in [2.24, 2.45) is 7.05 Å². The molecule has 1 amide bonds. The normalized spacial score (nSPS) is 16.8. The molecule has 0 saturated carbocycles. The number of para-hydroxylation sites is 2. The van der Waals surface area contributed by atoms with Gasteiger partial charge in [-0.2, -0.15) is 0 Å². The molecule has 1 fully saturated rings. The molecule has 138 valence electrons. The maximum absolute atomic E-state index is 13.2. The zero-order valence-electron chi connectivity index (χ0n) is 15.3. The van der Waals surface area contributed by atoms with Crippen LogP contribution in [-0.2, 0) is 7.05 Å². The SMILES string of the molecule is Cc1cc(C(=O)O)cc(C(=O)N2CCCC2c2nc3ccccc3n2C)c1. The van der Waals surface area contributed by atoms with Crippen LogP contribution in [0.5, 0.6) is 0 Å². The van der Waals surface area contributed by atoms with Crippen LogP contribution in [0.1, 0.15) is 51.0 Å². The van der Waals surface area contributed by atoms with Gasteiger partial charge < -0.3 is 14.6 Å². The summed E-state index contributed by atoms with van der Waals surface area (Å²) in [6, 6.07) is 12.6. The molecule has 1 atom stereocenters. The number of rotatable bonds is 3. The summed E-state index contributed by atoms with van der Waals surface area (Å²) in [4.78, 5) is 31.1. The molecule has 2 heterocycles. The minimum atomic E-state index is -1.03. The number of carbonyl (C=O) groups is 2. The first-order chi connectivity index (χ1) is 13.0. The van der Waals surface area contributed by atoms with Gasteiger partial charge in [-0.1, -0.05) is 12.1 Å². The summed E-state index contributed by atoms with van der Waals surface area (Å²) < 4.78 is 2.05. The first-order valence-electron chi connectivity index (χ1n) is 9.03. The number of hydrogen-bond acceptors (Lipinski definition) is 3. The summed E-state index contributed by atoms with van der Waals surface area (Å²) in [7, 11) is 1.97. The Kier molecular flexibility index (Phi) is 4.18. The second-order valence-electron chi connectivity index (χ2n) is 7.07. The largest absolute Gasteiger partial charge is 0.478 e. The first-order valence-corrected chi connectivity index (χ1v) is 9.03. The number of likely N-dealkylation sites (tertiary alicyclic amines) is 1. The molecule has 1 unspecified atom stereocenters. The molecule has 1 aliphatic rings. The third-order valence-corrected chi connectivity index (χ3v) is 5.20. The molecule has 1 aromatic heterocycles. The highest BCUT2D eigenvalue weighted by Crippen LogP contribution is 2.34. The molecule has 1 saturated heterocycles. The van der Waals surface area contributed by atoms with Gasteiger partial charge in [0.15, 0.2) is 0 Å². The Morgan fingerprint density at radius 3 is 2.63 bits per heavy atom. The van der Waals surface area contributed by atoms with Crippen molar-refractivity contribution in [2.45, 2.75) is 25.8 Å². The number of hydrogen-bond donors (Lipinski definition) is 1. The van der Waals surface area contributed by atoms with Gasteiger partial charge in [0.05, 0.1) is 22.6 Å². The van der Waals surface area contributed by atoms with Gasteiger partial charge in [0, 0.05) is 19.2 Å². The van der Waals surface area contributed by atoms with Crippen molar-refractivity contribution in [2.75, 3.05) is 6.54 Å². The Morgan fingerprint density at radius 1 is 1.15 bits per heavy atom. The molecule has 1 N–H and O–H groups in total. The highest BCUT2D eigenvalue weighted by molar-refractivity contribution is 5.98. The summed E-state index contributed by atoms with van der Waals surface area (Å²) in [5, 5.41) is 9.29. The summed E-state index contributed by atoms with van der Waals surface area (Å²) in [5.41, 5.74) is 3.26. The van der Waals surface area contributed by atoms with Crippen LogP contribution in [0.25, 0.3) is 11.0 Å². The minimum Gasteiger partial charge on any atom is -0.478 e. The number of benzene rings is 2. The topological polar surface area (TPSA) is 75.4 Å². The molecule has 6 heteroatoms. The maximum atomic E-state index is 13.2. The van der Waals surface area contributed by atoms with E-state index in [9.17, 15) is 14.7 Å². The second kappa shape index (κ2) is 6.54. The quantitative estimate of drug-likeness (QED) is 0.772. The zero-order chi connectivity index (χ0) is 19.1. The van der Waals surface area contributed by atoms with Crippen LogP contribution in [0.2, 0.25) is 0 Å². The van der Waals surface area contributed by atoms with Crippen LogP contribution in [0.3, 0.4) is 0 Å². The van der Waals surface area contributed by atoms with E-state index < -0.39 is 5.97 Å². The predicted molar refractivity (Wildman–Crippen MR) is 102 cm³/mol. The second-order valence-corrected chi connectivity index (χ2v) is 7.07. The van der Waals surface area contributed by atoms with Gasteiger partial charge in [-0.15, -0.1) is 0 Å². The van der Waals surface area contributed by atoms with Crippen molar-refractivity contribution in [3.8, 4) is 0 Å². The number of fused-ring (bicyclic) bond motifs is 1. The molecule has 4 rings (SSSR count). The fourth-order valence-corrected chi connectivity index (χ4v) is 3.94. The average Bonchev–Trinajstić information content (AvgIpc) is 3.25. The Labute approximate surface area is 157 Å². The molecule has 27 heavy (non-hydrogen) atoms. The Hall–Kier alpha value is -3.15. The molecule has 0 spiro atoms. The fourth-order valence-electron chi connectivity index (χ4n) is 3.94. The van der Waals surface area contributed by atoms with E-state index >= 15 is 0 Å². The first kappa shape index (κ1) is 17.3. The predicted octanol–water partition coefficient (Wildman–Crippen LogP) is 3.56. The summed E-state index contributed by atoms with van der Waals surface area (Å²) in [5.74, 6) is -0.301. The van der Waals surface area contributed by atoms with Gasteiger partial charge in [0.2, 0.25) is 0 Å². The molecule has 0 bridgehead atoms. The molecule has 2 aromatic carbocycles. The van der Waals surface area contributed by atoms with Gasteiger partial charge in [-0.3, -0.25) is 4.79 Å². The minimum absolute atomic E-state index is 0.108. The van der Waals surface area contributed by atoms with E-state index in [2.05, 4.69) is 0 Å². The van der Waals surface area contributed by atoms with Crippen LogP contribution in [-0.4, -0.2) is 38.0 Å². The van der Waals surface area contributed by atoms with Crippen LogP contribution in [0.15, 0.2) is 42.5 Å².